The standard InChI is InChI=1S/C14H29NO/c1-5-7-12(3)13(6-2)15-14(4)8-10-16-11-9-14/h12-13,15H,5-11H2,1-4H3. The molecule has 0 radical (unpaired) electrons. The van der Waals surface area contributed by atoms with Crippen LogP contribution in [0.15, 0.2) is 0 Å². The molecule has 2 heteroatoms. The van der Waals surface area contributed by atoms with Gasteiger partial charge in [0.2, 0.25) is 0 Å². The van der Waals surface area contributed by atoms with Gasteiger partial charge in [0, 0.05) is 24.8 Å². The molecule has 96 valence electrons. The van der Waals surface area contributed by atoms with Gasteiger partial charge in [-0.1, -0.05) is 27.2 Å². The second-order valence-corrected chi connectivity index (χ2v) is 5.60. The zero-order valence-corrected chi connectivity index (χ0v) is 11.5. The van der Waals surface area contributed by atoms with Crippen molar-refractivity contribution in [3.63, 3.8) is 0 Å². The molecule has 1 saturated heterocycles. The third-order valence-electron chi connectivity index (χ3n) is 4.00. The van der Waals surface area contributed by atoms with Gasteiger partial charge in [0.15, 0.2) is 0 Å². The lowest BCUT2D eigenvalue weighted by Gasteiger charge is -2.39. The SMILES string of the molecule is CCCC(C)C(CC)NC1(C)CCOCC1. The summed E-state index contributed by atoms with van der Waals surface area (Å²) in [6.45, 7) is 11.2. The molecule has 0 aliphatic carbocycles. The highest BCUT2D eigenvalue weighted by molar-refractivity contribution is 4.89. The molecule has 0 saturated carbocycles. The minimum Gasteiger partial charge on any atom is -0.381 e. The van der Waals surface area contributed by atoms with Gasteiger partial charge in [-0.15, -0.1) is 0 Å². The number of hydrogen-bond acceptors (Lipinski definition) is 2. The summed E-state index contributed by atoms with van der Waals surface area (Å²) in [6, 6.07) is 0.669. The van der Waals surface area contributed by atoms with E-state index in [0.717, 1.165) is 32.0 Å². The Balaban J connectivity index is 2.47. The molecule has 1 heterocycles. The highest BCUT2D eigenvalue weighted by Gasteiger charge is 2.30. The molecule has 2 atom stereocenters. The van der Waals surface area contributed by atoms with Gasteiger partial charge in [0.1, 0.15) is 0 Å². The quantitative estimate of drug-likeness (QED) is 0.751. The molecule has 16 heavy (non-hydrogen) atoms. The van der Waals surface area contributed by atoms with Crippen LogP contribution in [0.1, 0.15) is 59.8 Å². The predicted octanol–water partition coefficient (Wildman–Crippen LogP) is 3.36. The zero-order chi connectivity index (χ0) is 12.0. The normalized spacial score (nSPS) is 24.0. The molecule has 0 bridgehead atoms. The molecule has 0 amide bonds. The van der Waals surface area contributed by atoms with Crippen molar-refractivity contribution < 1.29 is 4.74 Å². The zero-order valence-electron chi connectivity index (χ0n) is 11.5. The monoisotopic (exact) mass is 227 g/mol. The van der Waals surface area contributed by atoms with E-state index in [2.05, 4.69) is 33.0 Å². The van der Waals surface area contributed by atoms with E-state index >= 15 is 0 Å². The van der Waals surface area contributed by atoms with Crippen molar-refractivity contribution in [2.75, 3.05) is 13.2 Å². The first kappa shape index (κ1) is 14.0. The van der Waals surface area contributed by atoms with E-state index in [1.54, 1.807) is 0 Å². The Hall–Kier alpha value is -0.0800. The Kier molecular flexibility index (Phi) is 5.77. The second kappa shape index (κ2) is 6.61. The van der Waals surface area contributed by atoms with Gasteiger partial charge in [-0.25, -0.2) is 0 Å². The van der Waals surface area contributed by atoms with Crippen LogP contribution in [0.2, 0.25) is 0 Å². The van der Waals surface area contributed by atoms with Crippen molar-refractivity contribution in [1.29, 1.82) is 0 Å². The van der Waals surface area contributed by atoms with E-state index in [1.807, 2.05) is 0 Å². The molecular formula is C14H29NO. The average Bonchev–Trinajstić information content (AvgIpc) is 2.27. The van der Waals surface area contributed by atoms with Crippen molar-refractivity contribution in [2.45, 2.75) is 71.4 Å². The summed E-state index contributed by atoms with van der Waals surface area (Å²) < 4.78 is 5.45. The van der Waals surface area contributed by atoms with Crippen molar-refractivity contribution >= 4 is 0 Å². The van der Waals surface area contributed by atoms with Gasteiger partial charge in [0.25, 0.3) is 0 Å². The van der Waals surface area contributed by atoms with Crippen LogP contribution < -0.4 is 5.32 Å². The van der Waals surface area contributed by atoms with Crippen LogP contribution in [0.4, 0.5) is 0 Å². The van der Waals surface area contributed by atoms with Crippen LogP contribution in [-0.4, -0.2) is 24.8 Å². The smallest absolute Gasteiger partial charge is 0.0483 e. The lowest BCUT2D eigenvalue weighted by atomic mass is 9.87. The summed E-state index contributed by atoms with van der Waals surface area (Å²) in [4.78, 5) is 0. The maximum atomic E-state index is 5.45. The highest BCUT2D eigenvalue weighted by atomic mass is 16.5. The molecule has 0 spiro atoms. The van der Waals surface area contributed by atoms with Crippen LogP contribution in [0.3, 0.4) is 0 Å². The van der Waals surface area contributed by atoms with Crippen LogP contribution in [0.5, 0.6) is 0 Å². The number of hydrogen-bond donors (Lipinski definition) is 1. The lowest BCUT2D eigenvalue weighted by Crippen LogP contribution is -2.53. The molecule has 0 aromatic carbocycles. The molecule has 0 aromatic rings. The molecule has 1 N–H and O–H groups in total. The lowest BCUT2D eigenvalue weighted by molar-refractivity contribution is 0.0366. The summed E-state index contributed by atoms with van der Waals surface area (Å²) in [6.07, 6.45) is 6.17. The minimum atomic E-state index is 0.306. The third kappa shape index (κ3) is 4.06. The molecule has 1 aliphatic heterocycles. The minimum absolute atomic E-state index is 0.306. The largest absolute Gasteiger partial charge is 0.381 e. The van der Waals surface area contributed by atoms with Gasteiger partial charge >= 0.3 is 0 Å². The average molecular weight is 227 g/mol. The van der Waals surface area contributed by atoms with Crippen molar-refractivity contribution in [2.24, 2.45) is 5.92 Å². The van der Waals surface area contributed by atoms with E-state index < -0.39 is 0 Å². The van der Waals surface area contributed by atoms with E-state index in [9.17, 15) is 0 Å². The number of rotatable bonds is 6. The van der Waals surface area contributed by atoms with Crippen molar-refractivity contribution in [3.05, 3.63) is 0 Å². The Morgan fingerprint density at radius 3 is 2.38 bits per heavy atom. The molecule has 2 nitrogen and oxygen atoms in total. The van der Waals surface area contributed by atoms with Crippen LogP contribution in [-0.2, 0) is 4.74 Å². The predicted molar refractivity (Wildman–Crippen MR) is 69.7 cm³/mol. The Bertz CT molecular complexity index is 187. The summed E-state index contributed by atoms with van der Waals surface area (Å²) in [5.41, 5.74) is 0.306. The second-order valence-electron chi connectivity index (χ2n) is 5.60. The van der Waals surface area contributed by atoms with Crippen LogP contribution in [0, 0.1) is 5.92 Å². The summed E-state index contributed by atoms with van der Waals surface area (Å²) >= 11 is 0. The summed E-state index contributed by atoms with van der Waals surface area (Å²) in [5.74, 6) is 0.787. The van der Waals surface area contributed by atoms with E-state index in [0.29, 0.717) is 11.6 Å². The fraction of sp³-hybridized carbons (Fsp3) is 1.00. The van der Waals surface area contributed by atoms with Gasteiger partial charge < -0.3 is 10.1 Å². The topological polar surface area (TPSA) is 21.3 Å². The fourth-order valence-corrected chi connectivity index (χ4v) is 2.72. The van der Waals surface area contributed by atoms with Gasteiger partial charge in [0.05, 0.1) is 0 Å². The first-order chi connectivity index (χ1) is 7.61. The molecule has 0 aromatic heterocycles. The van der Waals surface area contributed by atoms with Crippen molar-refractivity contribution in [3.8, 4) is 0 Å². The van der Waals surface area contributed by atoms with E-state index in [-0.39, 0.29) is 0 Å². The Morgan fingerprint density at radius 2 is 1.88 bits per heavy atom. The molecule has 1 fully saturated rings. The number of ether oxygens (including phenoxy) is 1. The van der Waals surface area contributed by atoms with Gasteiger partial charge in [-0.3, -0.25) is 0 Å². The fourth-order valence-electron chi connectivity index (χ4n) is 2.72. The van der Waals surface area contributed by atoms with Gasteiger partial charge in [-0.2, -0.15) is 0 Å². The molecule has 2 unspecified atom stereocenters. The van der Waals surface area contributed by atoms with Crippen LogP contribution >= 0.6 is 0 Å². The molecule has 1 rings (SSSR count). The van der Waals surface area contributed by atoms with Crippen LogP contribution in [0.25, 0.3) is 0 Å². The maximum absolute atomic E-state index is 5.45. The Morgan fingerprint density at radius 1 is 1.25 bits per heavy atom. The highest BCUT2D eigenvalue weighted by Crippen LogP contribution is 2.24. The van der Waals surface area contributed by atoms with E-state index in [4.69, 9.17) is 4.74 Å². The van der Waals surface area contributed by atoms with E-state index in [1.165, 1.54) is 19.3 Å². The maximum Gasteiger partial charge on any atom is 0.0483 e. The molecule has 1 aliphatic rings. The van der Waals surface area contributed by atoms with Crippen molar-refractivity contribution in [1.82, 2.24) is 5.32 Å². The number of nitrogens with one attached hydrogen (secondary N) is 1. The first-order valence-corrected chi connectivity index (χ1v) is 6.96. The van der Waals surface area contributed by atoms with Gasteiger partial charge in [-0.05, 0) is 38.5 Å². The third-order valence-corrected chi connectivity index (χ3v) is 4.00. The summed E-state index contributed by atoms with van der Waals surface area (Å²) in [5, 5.41) is 3.89. The molecular weight excluding hydrogens is 198 g/mol. The Labute approximate surface area is 101 Å². The first-order valence-electron chi connectivity index (χ1n) is 6.96. The summed E-state index contributed by atoms with van der Waals surface area (Å²) in [7, 11) is 0.